The molecule has 0 saturated carbocycles. The van der Waals surface area contributed by atoms with Crippen molar-refractivity contribution in [2.75, 3.05) is 12.8 Å². The minimum atomic E-state index is 0.303. The van der Waals surface area contributed by atoms with Crippen molar-refractivity contribution >= 4 is 5.88 Å². The van der Waals surface area contributed by atoms with E-state index in [1.165, 1.54) is 0 Å². The van der Waals surface area contributed by atoms with Crippen molar-refractivity contribution in [3.8, 4) is 17.0 Å². The van der Waals surface area contributed by atoms with Crippen LogP contribution < -0.4 is 10.5 Å². The Kier molecular flexibility index (Phi) is 3.04. The molecule has 1 aromatic heterocycles. The Labute approximate surface area is 100 Å². The van der Waals surface area contributed by atoms with Crippen LogP contribution in [0.1, 0.15) is 25.3 Å². The molecule has 2 aromatic rings. The summed E-state index contributed by atoms with van der Waals surface area (Å²) in [5.74, 6) is 1.52. The van der Waals surface area contributed by atoms with Crippen molar-refractivity contribution in [3.63, 3.8) is 0 Å². The summed E-state index contributed by atoms with van der Waals surface area (Å²) in [7, 11) is 1.66. The number of ether oxygens (including phenoxy) is 1. The van der Waals surface area contributed by atoms with Crippen molar-refractivity contribution in [2.45, 2.75) is 19.8 Å². The molecule has 0 atom stereocenters. The van der Waals surface area contributed by atoms with Gasteiger partial charge in [-0.15, -0.1) is 0 Å². The lowest BCUT2D eigenvalue weighted by Crippen LogP contribution is -1.96. The molecule has 1 aromatic carbocycles. The van der Waals surface area contributed by atoms with Gasteiger partial charge < -0.3 is 15.0 Å². The summed E-state index contributed by atoms with van der Waals surface area (Å²) in [4.78, 5) is 0. The van der Waals surface area contributed by atoms with E-state index in [2.05, 4.69) is 25.1 Å². The molecule has 0 radical (unpaired) electrons. The number of methoxy groups -OCH3 is 1. The maximum absolute atomic E-state index is 5.54. The number of hydrogen-bond donors (Lipinski definition) is 1. The molecule has 0 aliphatic heterocycles. The number of benzene rings is 1. The number of aromatic nitrogens is 1. The number of hydrogen-bond acceptors (Lipinski definition) is 4. The smallest absolute Gasteiger partial charge is 0.222 e. The summed E-state index contributed by atoms with van der Waals surface area (Å²) in [6, 6.07) is 7.68. The molecule has 0 amide bonds. The zero-order valence-electron chi connectivity index (χ0n) is 10.2. The molecular weight excluding hydrogens is 216 g/mol. The van der Waals surface area contributed by atoms with E-state index in [0.29, 0.717) is 17.5 Å². The minimum absolute atomic E-state index is 0.303. The van der Waals surface area contributed by atoms with Gasteiger partial charge >= 0.3 is 0 Å². The van der Waals surface area contributed by atoms with Crippen molar-refractivity contribution in [2.24, 2.45) is 0 Å². The Bertz CT molecular complexity index is 518. The fourth-order valence-electron chi connectivity index (χ4n) is 1.86. The van der Waals surface area contributed by atoms with Crippen LogP contribution in [0.3, 0.4) is 0 Å². The molecule has 2 rings (SSSR count). The van der Waals surface area contributed by atoms with Gasteiger partial charge in [0.15, 0.2) is 0 Å². The van der Waals surface area contributed by atoms with E-state index >= 15 is 0 Å². The van der Waals surface area contributed by atoms with Crippen molar-refractivity contribution in [3.05, 3.63) is 29.8 Å². The van der Waals surface area contributed by atoms with Crippen LogP contribution in [0.25, 0.3) is 11.3 Å². The average molecular weight is 232 g/mol. The largest absolute Gasteiger partial charge is 0.496 e. The molecule has 0 bridgehead atoms. The van der Waals surface area contributed by atoms with E-state index in [-0.39, 0.29) is 0 Å². The van der Waals surface area contributed by atoms with Gasteiger partial charge in [0.2, 0.25) is 5.88 Å². The fraction of sp³-hybridized carbons (Fsp3) is 0.308. The first-order valence-corrected chi connectivity index (χ1v) is 5.53. The number of rotatable bonds is 3. The lowest BCUT2D eigenvalue weighted by atomic mass is 9.98. The van der Waals surface area contributed by atoms with E-state index in [0.717, 1.165) is 16.9 Å². The number of para-hydroxylation sites is 1. The van der Waals surface area contributed by atoms with Gasteiger partial charge in [-0.3, -0.25) is 0 Å². The lowest BCUT2D eigenvalue weighted by Gasteiger charge is -2.14. The summed E-state index contributed by atoms with van der Waals surface area (Å²) in [6.07, 6.45) is 0. The minimum Gasteiger partial charge on any atom is -0.496 e. The summed E-state index contributed by atoms with van der Waals surface area (Å²) < 4.78 is 10.4. The highest BCUT2D eigenvalue weighted by Gasteiger charge is 2.15. The zero-order chi connectivity index (χ0) is 12.4. The Hall–Kier alpha value is -1.97. The molecule has 90 valence electrons. The number of nitrogens with zero attached hydrogens (tertiary/aromatic N) is 1. The van der Waals surface area contributed by atoms with Crippen LogP contribution >= 0.6 is 0 Å². The van der Waals surface area contributed by atoms with Gasteiger partial charge in [-0.2, -0.15) is 0 Å². The lowest BCUT2D eigenvalue weighted by molar-refractivity contribution is 0.407. The molecule has 4 heteroatoms. The summed E-state index contributed by atoms with van der Waals surface area (Å²) in [6.45, 7) is 4.25. The number of nitrogen functional groups attached to an aromatic ring is 1. The third-order valence-electron chi connectivity index (χ3n) is 2.68. The SMILES string of the molecule is COc1c(-c2cc(N)on2)cccc1C(C)C. The van der Waals surface area contributed by atoms with E-state index in [1.807, 2.05) is 12.1 Å². The van der Waals surface area contributed by atoms with E-state index in [9.17, 15) is 0 Å². The summed E-state index contributed by atoms with van der Waals surface area (Å²) in [5.41, 5.74) is 8.28. The molecule has 0 aliphatic carbocycles. The van der Waals surface area contributed by atoms with E-state index in [1.54, 1.807) is 13.2 Å². The Morgan fingerprint density at radius 1 is 1.35 bits per heavy atom. The van der Waals surface area contributed by atoms with Gasteiger partial charge in [-0.25, -0.2) is 0 Å². The van der Waals surface area contributed by atoms with Gasteiger partial charge in [-0.1, -0.05) is 31.1 Å². The third-order valence-corrected chi connectivity index (χ3v) is 2.68. The molecule has 2 N–H and O–H groups in total. The Balaban J connectivity index is 2.58. The van der Waals surface area contributed by atoms with Gasteiger partial charge in [-0.05, 0) is 17.5 Å². The van der Waals surface area contributed by atoms with Crippen LogP contribution in [0.5, 0.6) is 5.75 Å². The van der Waals surface area contributed by atoms with Crippen LogP contribution in [0.2, 0.25) is 0 Å². The molecule has 0 spiro atoms. The van der Waals surface area contributed by atoms with Crippen molar-refractivity contribution in [1.82, 2.24) is 5.16 Å². The molecule has 0 aliphatic rings. The second kappa shape index (κ2) is 4.49. The third kappa shape index (κ3) is 2.11. The van der Waals surface area contributed by atoms with Crippen molar-refractivity contribution in [1.29, 1.82) is 0 Å². The van der Waals surface area contributed by atoms with Gasteiger partial charge in [0, 0.05) is 11.6 Å². The molecule has 17 heavy (non-hydrogen) atoms. The average Bonchev–Trinajstić information content (AvgIpc) is 2.74. The molecule has 1 heterocycles. The highest BCUT2D eigenvalue weighted by molar-refractivity contribution is 5.70. The van der Waals surface area contributed by atoms with Gasteiger partial charge in [0.05, 0.1) is 7.11 Å². The van der Waals surface area contributed by atoms with Crippen LogP contribution in [-0.2, 0) is 0 Å². The molecular formula is C13H16N2O2. The normalized spacial score (nSPS) is 10.8. The van der Waals surface area contributed by atoms with Crippen LogP contribution in [-0.4, -0.2) is 12.3 Å². The first kappa shape index (κ1) is 11.5. The fourth-order valence-corrected chi connectivity index (χ4v) is 1.86. The highest BCUT2D eigenvalue weighted by atomic mass is 16.5. The highest BCUT2D eigenvalue weighted by Crippen LogP contribution is 2.36. The maximum atomic E-state index is 5.54. The maximum Gasteiger partial charge on any atom is 0.222 e. The Morgan fingerprint density at radius 2 is 2.12 bits per heavy atom. The number of nitrogens with two attached hydrogens (primary N) is 1. The van der Waals surface area contributed by atoms with Crippen LogP contribution in [0.4, 0.5) is 5.88 Å². The summed E-state index contributed by atoms with van der Waals surface area (Å²) in [5, 5.41) is 3.92. The first-order valence-electron chi connectivity index (χ1n) is 5.53. The zero-order valence-corrected chi connectivity index (χ0v) is 10.2. The standard InChI is InChI=1S/C13H16N2O2/c1-8(2)9-5-4-6-10(13(9)16-3)11-7-12(14)17-15-11/h4-8H,14H2,1-3H3. The second-order valence-electron chi connectivity index (χ2n) is 4.20. The molecule has 0 saturated heterocycles. The summed E-state index contributed by atoms with van der Waals surface area (Å²) >= 11 is 0. The quantitative estimate of drug-likeness (QED) is 0.883. The van der Waals surface area contributed by atoms with E-state index in [4.69, 9.17) is 15.0 Å². The first-order chi connectivity index (χ1) is 8.13. The van der Waals surface area contributed by atoms with E-state index < -0.39 is 0 Å². The topological polar surface area (TPSA) is 61.3 Å². The predicted octanol–water partition coefficient (Wildman–Crippen LogP) is 3.06. The predicted molar refractivity (Wildman–Crippen MR) is 67.0 cm³/mol. The van der Waals surface area contributed by atoms with Crippen molar-refractivity contribution < 1.29 is 9.26 Å². The second-order valence-corrected chi connectivity index (χ2v) is 4.20. The monoisotopic (exact) mass is 232 g/mol. The van der Waals surface area contributed by atoms with Crippen LogP contribution in [0, 0.1) is 0 Å². The Morgan fingerprint density at radius 3 is 2.65 bits per heavy atom. The van der Waals surface area contributed by atoms with Crippen LogP contribution in [0.15, 0.2) is 28.8 Å². The van der Waals surface area contributed by atoms with Gasteiger partial charge in [0.25, 0.3) is 0 Å². The molecule has 0 unspecified atom stereocenters. The molecule has 4 nitrogen and oxygen atoms in total. The molecule has 0 fully saturated rings. The number of anilines is 1. The van der Waals surface area contributed by atoms with Gasteiger partial charge in [0.1, 0.15) is 11.4 Å².